The average Bonchev–Trinajstić information content (AvgIpc) is 2.56. The number of nitrogens with zero attached hydrogens (tertiary/aromatic N) is 1. The summed E-state index contributed by atoms with van der Waals surface area (Å²) < 4.78 is 13.2. The third-order valence-electron chi connectivity index (χ3n) is 4.11. The van der Waals surface area contributed by atoms with Crippen molar-refractivity contribution in [3.8, 4) is 0 Å². The summed E-state index contributed by atoms with van der Waals surface area (Å²) in [5.41, 5.74) is 2.34. The molecule has 1 atom stereocenters. The van der Waals surface area contributed by atoms with Gasteiger partial charge in [-0.3, -0.25) is 0 Å². The van der Waals surface area contributed by atoms with E-state index >= 15 is 0 Å². The molecule has 0 unspecified atom stereocenters. The Kier molecular flexibility index (Phi) is 7.70. The van der Waals surface area contributed by atoms with Crippen LogP contribution in [0.15, 0.2) is 48.5 Å². The number of rotatable bonds is 9. The van der Waals surface area contributed by atoms with Crippen molar-refractivity contribution < 1.29 is 4.39 Å². The predicted octanol–water partition coefficient (Wildman–Crippen LogP) is 4.54. The predicted molar refractivity (Wildman–Crippen MR) is 100 cm³/mol. The fourth-order valence-electron chi connectivity index (χ4n) is 2.81. The van der Waals surface area contributed by atoms with Crippen LogP contribution in [0.3, 0.4) is 0 Å². The van der Waals surface area contributed by atoms with Gasteiger partial charge in [0.15, 0.2) is 0 Å². The number of benzene rings is 2. The van der Waals surface area contributed by atoms with E-state index in [4.69, 9.17) is 11.6 Å². The highest BCUT2D eigenvalue weighted by Gasteiger charge is 2.14. The normalized spacial score (nSPS) is 12.5. The standard InChI is InChI=1S/C20H26ClFN2/c1-24(2)15-3-13-23-14-12-20(16-4-8-18(21)9-5-16)17-6-10-19(22)11-7-17/h4-11,20,23H,3,12-15H2,1-2H3/t20-/m0/s1. The molecule has 0 radical (unpaired) electrons. The molecule has 0 bridgehead atoms. The monoisotopic (exact) mass is 348 g/mol. The lowest BCUT2D eigenvalue weighted by molar-refractivity contribution is 0.394. The van der Waals surface area contributed by atoms with Crippen molar-refractivity contribution in [3.05, 3.63) is 70.5 Å². The highest BCUT2D eigenvalue weighted by Crippen LogP contribution is 2.28. The van der Waals surface area contributed by atoms with E-state index in [1.807, 2.05) is 24.3 Å². The first-order chi connectivity index (χ1) is 11.6. The summed E-state index contributed by atoms with van der Waals surface area (Å²) in [4.78, 5) is 2.19. The zero-order chi connectivity index (χ0) is 17.4. The molecule has 0 saturated heterocycles. The summed E-state index contributed by atoms with van der Waals surface area (Å²) in [5.74, 6) is 0.0413. The molecule has 0 fully saturated rings. The minimum Gasteiger partial charge on any atom is -0.317 e. The van der Waals surface area contributed by atoms with Gasteiger partial charge in [-0.1, -0.05) is 35.9 Å². The van der Waals surface area contributed by atoms with Crippen molar-refractivity contribution in [2.45, 2.75) is 18.8 Å². The lowest BCUT2D eigenvalue weighted by atomic mass is 9.88. The first-order valence-corrected chi connectivity index (χ1v) is 8.80. The maximum atomic E-state index is 13.2. The van der Waals surface area contributed by atoms with E-state index in [2.05, 4.69) is 36.4 Å². The van der Waals surface area contributed by atoms with E-state index in [0.717, 1.165) is 43.1 Å². The molecule has 24 heavy (non-hydrogen) atoms. The Hall–Kier alpha value is -1.42. The van der Waals surface area contributed by atoms with Crippen molar-refractivity contribution in [1.82, 2.24) is 10.2 Å². The summed E-state index contributed by atoms with van der Waals surface area (Å²) in [6, 6.07) is 14.8. The van der Waals surface area contributed by atoms with E-state index in [1.165, 1.54) is 17.7 Å². The van der Waals surface area contributed by atoms with Gasteiger partial charge in [-0.15, -0.1) is 0 Å². The van der Waals surface area contributed by atoms with Gasteiger partial charge < -0.3 is 10.2 Å². The smallest absolute Gasteiger partial charge is 0.123 e. The summed E-state index contributed by atoms with van der Waals surface area (Å²) in [6.07, 6.45) is 2.10. The van der Waals surface area contributed by atoms with Gasteiger partial charge in [-0.05, 0) is 82.0 Å². The van der Waals surface area contributed by atoms with Gasteiger partial charge in [-0.25, -0.2) is 4.39 Å². The Bertz CT molecular complexity index is 551. The van der Waals surface area contributed by atoms with Crippen LogP contribution >= 0.6 is 11.6 Å². The van der Waals surface area contributed by atoms with Crippen molar-refractivity contribution in [1.29, 1.82) is 0 Å². The number of halogens is 2. The number of hydrogen-bond donors (Lipinski definition) is 1. The van der Waals surface area contributed by atoms with Crippen LogP contribution in [-0.2, 0) is 0 Å². The quantitative estimate of drug-likeness (QED) is 0.669. The van der Waals surface area contributed by atoms with Crippen LogP contribution < -0.4 is 5.32 Å². The molecule has 0 amide bonds. The fraction of sp³-hybridized carbons (Fsp3) is 0.400. The molecule has 0 spiro atoms. The maximum Gasteiger partial charge on any atom is 0.123 e. The summed E-state index contributed by atoms with van der Waals surface area (Å²) in [6.45, 7) is 3.03. The van der Waals surface area contributed by atoms with Crippen LogP contribution in [0.5, 0.6) is 0 Å². The SMILES string of the molecule is CN(C)CCCNCC[C@H](c1ccc(F)cc1)c1ccc(Cl)cc1. The molecular formula is C20H26ClFN2. The highest BCUT2D eigenvalue weighted by atomic mass is 35.5. The summed E-state index contributed by atoms with van der Waals surface area (Å²) >= 11 is 6.00. The van der Waals surface area contributed by atoms with Crippen molar-refractivity contribution in [2.24, 2.45) is 0 Å². The Labute approximate surface area is 149 Å². The van der Waals surface area contributed by atoms with Gasteiger partial charge in [0.25, 0.3) is 0 Å². The van der Waals surface area contributed by atoms with Gasteiger partial charge >= 0.3 is 0 Å². The molecule has 0 heterocycles. The molecule has 2 nitrogen and oxygen atoms in total. The number of hydrogen-bond acceptors (Lipinski definition) is 2. The molecule has 130 valence electrons. The van der Waals surface area contributed by atoms with Gasteiger partial charge in [0.05, 0.1) is 0 Å². The van der Waals surface area contributed by atoms with Crippen molar-refractivity contribution >= 4 is 11.6 Å². The molecular weight excluding hydrogens is 323 g/mol. The molecule has 1 N–H and O–H groups in total. The molecule has 4 heteroatoms. The Morgan fingerprint density at radius 2 is 1.54 bits per heavy atom. The van der Waals surface area contributed by atoms with Gasteiger partial charge in [-0.2, -0.15) is 0 Å². The lowest BCUT2D eigenvalue weighted by Crippen LogP contribution is -2.23. The third-order valence-corrected chi connectivity index (χ3v) is 4.37. The minimum atomic E-state index is -0.199. The third kappa shape index (κ3) is 6.23. The topological polar surface area (TPSA) is 15.3 Å². The first kappa shape index (κ1) is 18.9. The number of nitrogens with one attached hydrogen (secondary N) is 1. The first-order valence-electron chi connectivity index (χ1n) is 8.42. The molecule has 0 aliphatic heterocycles. The van der Waals surface area contributed by atoms with Gasteiger partial charge in [0, 0.05) is 10.9 Å². The fourth-order valence-corrected chi connectivity index (χ4v) is 2.93. The van der Waals surface area contributed by atoms with E-state index in [-0.39, 0.29) is 11.7 Å². The van der Waals surface area contributed by atoms with Crippen LogP contribution in [0, 0.1) is 5.82 Å². The highest BCUT2D eigenvalue weighted by molar-refractivity contribution is 6.30. The second-order valence-electron chi connectivity index (χ2n) is 6.35. The van der Waals surface area contributed by atoms with E-state index in [9.17, 15) is 4.39 Å². The van der Waals surface area contributed by atoms with Gasteiger partial charge in [0.2, 0.25) is 0 Å². The molecule has 0 saturated carbocycles. The van der Waals surface area contributed by atoms with Gasteiger partial charge in [0.1, 0.15) is 5.82 Å². The van der Waals surface area contributed by atoms with Crippen molar-refractivity contribution in [3.63, 3.8) is 0 Å². The average molecular weight is 349 g/mol. The zero-order valence-corrected chi connectivity index (χ0v) is 15.2. The van der Waals surface area contributed by atoms with Crippen LogP contribution in [0.25, 0.3) is 0 Å². The molecule has 0 aliphatic rings. The van der Waals surface area contributed by atoms with Crippen LogP contribution in [0.1, 0.15) is 29.9 Å². The largest absolute Gasteiger partial charge is 0.317 e. The van der Waals surface area contributed by atoms with E-state index < -0.39 is 0 Å². The van der Waals surface area contributed by atoms with E-state index in [0.29, 0.717) is 0 Å². The van der Waals surface area contributed by atoms with Crippen LogP contribution in [-0.4, -0.2) is 38.6 Å². The Balaban J connectivity index is 1.98. The Morgan fingerprint density at radius 3 is 2.12 bits per heavy atom. The van der Waals surface area contributed by atoms with Crippen LogP contribution in [0.2, 0.25) is 5.02 Å². The summed E-state index contributed by atoms with van der Waals surface area (Å²) in [5, 5.41) is 4.24. The second-order valence-corrected chi connectivity index (χ2v) is 6.79. The lowest BCUT2D eigenvalue weighted by Gasteiger charge is -2.19. The summed E-state index contributed by atoms with van der Waals surface area (Å²) in [7, 11) is 4.18. The molecule has 2 aromatic rings. The van der Waals surface area contributed by atoms with Crippen LogP contribution in [0.4, 0.5) is 4.39 Å². The van der Waals surface area contributed by atoms with Crippen molar-refractivity contribution in [2.75, 3.05) is 33.7 Å². The molecule has 2 rings (SSSR count). The maximum absolute atomic E-state index is 13.2. The Morgan fingerprint density at radius 1 is 0.958 bits per heavy atom. The molecule has 0 aliphatic carbocycles. The zero-order valence-electron chi connectivity index (χ0n) is 14.4. The van der Waals surface area contributed by atoms with E-state index in [1.54, 1.807) is 0 Å². The molecule has 0 aromatic heterocycles. The second kappa shape index (κ2) is 9.77. The molecule has 2 aromatic carbocycles. The minimum absolute atomic E-state index is 0.199.